The Bertz CT molecular complexity index is 742. The quantitative estimate of drug-likeness (QED) is 0.860. The number of hydrogen-bond acceptors (Lipinski definition) is 4. The number of rotatable bonds is 5. The van der Waals surface area contributed by atoms with Gasteiger partial charge in [-0.2, -0.15) is 8.78 Å². The smallest absolute Gasteiger partial charge is 0.387 e. The van der Waals surface area contributed by atoms with Crippen LogP contribution in [-0.4, -0.2) is 34.5 Å². The highest BCUT2D eigenvalue weighted by Gasteiger charge is 2.42. The molecule has 0 saturated heterocycles. The van der Waals surface area contributed by atoms with Gasteiger partial charge in [0.2, 0.25) is 0 Å². The van der Waals surface area contributed by atoms with Crippen molar-refractivity contribution in [2.75, 3.05) is 0 Å². The molecule has 2 atom stereocenters. The number of carboxylic acids is 2. The number of nitrogens with zero attached hydrogens (tertiary/aromatic N) is 1. The Hall–Kier alpha value is -2.77. The van der Waals surface area contributed by atoms with Gasteiger partial charge in [-0.1, -0.05) is 18.2 Å². The van der Waals surface area contributed by atoms with Crippen molar-refractivity contribution in [1.29, 1.82) is 0 Å². The Morgan fingerprint density at radius 1 is 1.21 bits per heavy atom. The Morgan fingerprint density at radius 2 is 1.83 bits per heavy atom. The average Bonchev–Trinajstić information content (AvgIpc) is 2.45. The van der Waals surface area contributed by atoms with E-state index in [0.717, 1.165) is 0 Å². The minimum Gasteiger partial charge on any atom is -0.481 e. The maximum Gasteiger partial charge on any atom is 0.387 e. The second kappa shape index (κ2) is 6.77. The number of carboxylic acid groups (broad SMARTS) is 2. The van der Waals surface area contributed by atoms with Crippen molar-refractivity contribution >= 4 is 17.7 Å². The van der Waals surface area contributed by atoms with Crippen LogP contribution in [0.3, 0.4) is 0 Å². The van der Waals surface area contributed by atoms with Crippen LogP contribution in [0.2, 0.25) is 0 Å². The number of carbonyl (C=O) groups is 2. The van der Waals surface area contributed by atoms with Crippen LogP contribution >= 0.6 is 0 Å². The number of aliphatic imine (C=N–C) groups is 1. The van der Waals surface area contributed by atoms with E-state index in [9.17, 15) is 28.6 Å². The van der Waals surface area contributed by atoms with Crippen LogP contribution in [0.15, 0.2) is 40.5 Å². The maximum absolute atomic E-state index is 12.6. The second-order valence-electron chi connectivity index (χ2n) is 5.27. The lowest BCUT2D eigenvalue weighted by Crippen LogP contribution is -2.35. The molecule has 8 heteroatoms. The number of alkyl halides is 2. The molecule has 0 saturated carbocycles. The third-order valence-electron chi connectivity index (χ3n) is 3.79. The molecule has 1 aromatic rings. The Labute approximate surface area is 136 Å². The van der Waals surface area contributed by atoms with E-state index in [-0.39, 0.29) is 28.3 Å². The summed E-state index contributed by atoms with van der Waals surface area (Å²) in [5, 5.41) is 19.0. The molecule has 2 rings (SSSR count). The summed E-state index contributed by atoms with van der Waals surface area (Å²) in [6.45, 7) is -0.217. The topological polar surface area (TPSA) is 96.2 Å². The van der Waals surface area contributed by atoms with Gasteiger partial charge in [0.25, 0.3) is 0 Å². The third-order valence-corrected chi connectivity index (χ3v) is 3.79. The zero-order chi connectivity index (χ0) is 18.0. The van der Waals surface area contributed by atoms with Gasteiger partial charge in [0.1, 0.15) is 11.7 Å². The monoisotopic (exact) mass is 339 g/mol. The molecule has 128 valence electrons. The molecule has 6 nitrogen and oxygen atoms in total. The first-order chi connectivity index (χ1) is 11.2. The minimum absolute atomic E-state index is 0.0659. The van der Waals surface area contributed by atoms with E-state index in [0.29, 0.717) is 0 Å². The van der Waals surface area contributed by atoms with Gasteiger partial charge in [0.15, 0.2) is 0 Å². The molecule has 0 amide bonds. The number of hydrogen-bond donors (Lipinski definition) is 2. The third kappa shape index (κ3) is 3.27. The SMILES string of the molecule is CC1=NC(C)=C(C(=O)O)C(c2ccccc2OC(F)F)C1C(=O)O. The van der Waals surface area contributed by atoms with Gasteiger partial charge in [0.05, 0.1) is 5.57 Å². The van der Waals surface area contributed by atoms with Crippen molar-refractivity contribution in [1.82, 2.24) is 0 Å². The highest BCUT2D eigenvalue weighted by molar-refractivity contribution is 6.06. The van der Waals surface area contributed by atoms with Crippen LogP contribution in [0.25, 0.3) is 0 Å². The average molecular weight is 339 g/mol. The van der Waals surface area contributed by atoms with Crippen molar-refractivity contribution in [2.24, 2.45) is 10.9 Å². The van der Waals surface area contributed by atoms with E-state index in [1.165, 1.54) is 38.1 Å². The molecule has 0 bridgehead atoms. The number of halogens is 2. The fourth-order valence-electron chi connectivity index (χ4n) is 2.91. The summed E-state index contributed by atoms with van der Waals surface area (Å²) in [7, 11) is 0. The first-order valence-electron chi connectivity index (χ1n) is 6.99. The number of allylic oxidation sites excluding steroid dienone is 1. The van der Waals surface area contributed by atoms with E-state index in [2.05, 4.69) is 9.73 Å². The molecule has 0 aromatic heterocycles. The van der Waals surface area contributed by atoms with Crippen LogP contribution < -0.4 is 4.74 Å². The fourth-order valence-corrected chi connectivity index (χ4v) is 2.91. The molecule has 0 radical (unpaired) electrons. The number of aliphatic carboxylic acids is 2. The molecule has 24 heavy (non-hydrogen) atoms. The van der Waals surface area contributed by atoms with Gasteiger partial charge in [-0.25, -0.2) is 4.79 Å². The fraction of sp³-hybridized carbons (Fsp3) is 0.312. The molecule has 0 aliphatic carbocycles. The van der Waals surface area contributed by atoms with Crippen molar-refractivity contribution in [3.8, 4) is 5.75 Å². The second-order valence-corrected chi connectivity index (χ2v) is 5.27. The maximum atomic E-state index is 12.6. The zero-order valence-electron chi connectivity index (χ0n) is 12.9. The van der Waals surface area contributed by atoms with E-state index in [1.807, 2.05) is 0 Å². The normalized spacial score (nSPS) is 20.8. The predicted octanol–water partition coefficient (Wildman–Crippen LogP) is 2.91. The van der Waals surface area contributed by atoms with Gasteiger partial charge in [-0.05, 0) is 19.9 Å². The van der Waals surface area contributed by atoms with Crippen molar-refractivity contribution in [2.45, 2.75) is 26.4 Å². The Morgan fingerprint density at radius 3 is 2.38 bits per heavy atom. The highest BCUT2D eigenvalue weighted by atomic mass is 19.3. The first-order valence-corrected chi connectivity index (χ1v) is 6.99. The zero-order valence-corrected chi connectivity index (χ0v) is 12.9. The van der Waals surface area contributed by atoms with Crippen LogP contribution in [0.5, 0.6) is 5.75 Å². The molecule has 0 fully saturated rings. The summed E-state index contributed by atoms with van der Waals surface area (Å²) < 4.78 is 29.7. The van der Waals surface area contributed by atoms with Crippen LogP contribution in [0.4, 0.5) is 8.78 Å². The Kier molecular flexibility index (Phi) is 4.96. The predicted molar refractivity (Wildman–Crippen MR) is 80.4 cm³/mol. The number of ether oxygens (including phenoxy) is 1. The first kappa shape index (κ1) is 17.6. The van der Waals surface area contributed by atoms with Crippen molar-refractivity contribution in [3.05, 3.63) is 41.1 Å². The molecule has 2 unspecified atom stereocenters. The summed E-state index contributed by atoms with van der Waals surface area (Å²) in [5.74, 6) is -5.38. The van der Waals surface area contributed by atoms with Crippen molar-refractivity contribution < 1.29 is 33.3 Å². The molecule has 1 aliphatic rings. The van der Waals surface area contributed by atoms with Crippen LogP contribution in [0, 0.1) is 5.92 Å². The van der Waals surface area contributed by atoms with Crippen molar-refractivity contribution in [3.63, 3.8) is 0 Å². The molecule has 1 aromatic carbocycles. The summed E-state index contributed by atoms with van der Waals surface area (Å²) in [5.41, 5.74) is 0.144. The standard InChI is InChI=1S/C16H15F2NO5/c1-7-11(14(20)21)13(12(15(22)23)8(2)19-7)9-5-3-4-6-10(9)24-16(17)18/h3-6,11,13,16H,1-2H3,(H,20,21)(H,22,23). The summed E-state index contributed by atoms with van der Waals surface area (Å²) in [6.07, 6.45) is 0. The van der Waals surface area contributed by atoms with Gasteiger partial charge in [-0.3, -0.25) is 9.79 Å². The molecular formula is C16H15F2NO5. The van der Waals surface area contributed by atoms with Gasteiger partial charge in [0, 0.05) is 22.9 Å². The number of para-hydroxylation sites is 1. The molecule has 2 N–H and O–H groups in total. The van der Waals surface area contributed by atoms with Gasteiger partial charge in [-0.15, -0.1) is 0 Å². The van der Waals surface area contributed by atoms with Gasteiger partial charge >= 0.3 is 18.6 Å². The minimum atomic E-state index is -3.12. The van der Waals surface area contributed by atoms with Crippen LogP contribution in [0.1, 0.15) is 25.3 Å². The lowest BCUT2D eigenvalue weighted by atomic mass is 9.75. The van der Waals surface area contributed by atoms with E-state index >= 15 is 0 Å². The Balaban J connectivity index is 2.69. The lowest BCUT2D eigenvalue weighted by Gasteiger charge is -2.30. The largest absolute Gasteiger partial charge is 0.481 e. The molecular weight excluding hydrogens is 324 g/mol. The van der Waals surface area contributed by atoms with E-state index < -0.39 is 30.4 Å². The molecule has 1 heterocycles. The summed E-state index contributed by atoms with van der Waals surface area (Å²) in [6, 6.07) is 5.57. The van der Waals surface area contributed by atoms with Gasteiger partial charge < -0.3 is 14.9 Å². The highest BCUT2D eigenvalue weighted by Crippen LogP contribution is 2.42. The summed E-state index contributed by atoms with van der Waals surface area (Å²) >= 11 is 0. The van der Waals surface area contributed by atoms with E-state index in [1.54, 1.807) is 0 Å². The number of benzene rings is 1. The van der Waals surface area contributed by atoms with Crippen LogP contribution in [-0.2, 0) is 9.59 Å². The van der Waals surface area contributed by atoms with E-state index in [4.69, 9.17) is 0 Å². The summed E-state index contributed by atoms with van der Waals surface area (Å²) in [4.78, 5) is 27.3. The molecule has 0 spiro atoms. The lowest BCUT2D eigenvalue weighted by molar-refractivity contribution is -0.140. The molecule has 1 aliphatic heterocycles.